The van der Waals surface area contributed by atoms with E-state index in [1.54, 1.807) is 36.4 Å². The average molecular weight is 341 g/mol. The smallest absolute Gasteiger partial charge is 0.256 e. The summed E-state index contributed by atoms with van der Waals surface area (Å²) in [6.45, 7) is 2.28. The zero-order valence-electron chi connectivity index (χ0n) is 14.3. The minimum absolute atomic E-state index is 0.00132. The predicted molar refractivity (Wildman–Crippen MR) is 95.3 cm³/mol. The van der Waals surface area contributed by atoms with E-state index in [-0.39, 0.29) is 11.7 Å². The van der Waals surface area contributed by atoms with Gasteiger partial charge in [0.1, 0.15) is 0 Å². The van der Waals surface area contributed by atoms with Crippen molar-refractivity contribution < 1.29 is 24.1 Å². The number of aromatic hydroxyl groups is 1. The lowest BCUT2D eigenvalue weighted by Gasteiger charge is -2.10. The highest BCUT2D eigenvalue weighted by Gasteiger charge is 2.27. The number of carbonyl (C=O) groups excluding carboxylic acids is 1. The Hall–Kier alpha value is -3.15. The molecule has 1 aliphatic heterocycles. The average Bonchev–Trinajstić information content (AvgIpc) is 2.91. The van der Waals surface area contributed by atoms with Gasteiger partial charge < -0.3 is 24.6 Å². The molecule has 0 spiro atoms. The molecule has 0 bridgehead atoms. The molecular formula is C19H19NO5. The molecule has 1 aliphatic rings. The molecule has 0 radical (unpaired) electrons. The lowest BCUT2D eigenvalue weighted by atomic mass is 10.0. The van der Waals surface area contributed by atoms with E-state index in [9.17, 15) is 9.90 Å². The number of phenols is 1. The number of ether oxygens (including phenoxy) is 3. The fourth-order valence-electron chi connectivity index (χ4n) is 2.74. The summed E-state index contributed by atoms with van der Waals surface area (Å²) in [6, 6.07) is 8.61. The Morgan fingerprint density at radius 1 is 1.12 bits per heavy atom. The van der Waals surface area contributed by atoms with Gasteiger partial charge in [0.15, 0.2) is 23.0 Å². The molecule has 0 saturated carbocycles. The summed E-state index contributed by atoms with van der Waals surface area (Å²) in [7, 11) is 3.07. The monoisotopic (exact) mass is 341 g/mol. The van der Waals surface area contributed by atoms with Gasteiger partial charge in [0, 0.05) is 22.8 Å². The highest BCUT2D eigenvalue weighted by Crippen LogP contribution is 2.42. The number of amides is 1. The van der Waals surface area contributed by atoms with E-state index in [0.717, 1.165) is 0 Å². The third-order valence-electron chi connectivity index (χ3n) is 3.94. The van der Waals surface area contributed by atoms with E-state index in [2.05, 4.69) is 5.32 Å². The van der Waals surface area contributed by atoms with Gasteiger partial charge in [-0.3, -0.25) is 4.79 Å². The number of hydrogen-bond donors (Lipinski definition) is 2. The molecule has 130 valence electrons. The normalized spacial score (nSPS) is 14.2. The maximum absolute atomic E-state index is 12.4. The van der Waals surface area contributed by atoms with Gasteiger partial charge in [-0.05, 0) is 25.1 Å². The van der Waals surface area contributed by atoms with Crippen LogP contribution in [-0.2, 0) is 4.79 Å². The second-order valence-electron chi connectivity index (χ2n) is 5.39. The highest BCUT2D eigenvalue weighted by molar-refractivity contribution is 6.35. The molecule has 3 rings (SSSR count). The van der Waals surface area contributed by atoms with E-state index in [4.69, 9.17) is 14.2 Å². The molecule has 0 atom stereocenters. The van der Waals surface area contributed by atoms with Crippen molar-refractivity contribution in [1.29, 1.82) is 0 Å². The van der Waals surface area contributed by atoms with Crippen LogP contribution in [0.1, 0.15) is 18.1 Å². The van der Waals surface area contributed by atoms with Crippen LogP contribution in [0.5, 0.6) is 23.0 Å². The van der Waals surface area contributed by atoms with Gasteiger partial charge in [-0.25, -0.2) is 0 Å². The van der Waals surface area contributed by atoms with E-state index < -0.39 is 0 Å². The Bertz CT molecular complexity index is 857. The number of benzene rings is 2. The molecule has 6 nitrogen and oxygen atoms in total. The van der Waals surface area contributed by atoms with Gasteiger partial charge in [0.05, 0.1) is 26.5 Å². The molecule has 1 amide bonds. The van der Waals surface area contributed by atoms with E-state index in [0.29, 0.717) is 46.2 Å². The van der Waals surface area contributed by atoms with Crippen LogP contribution in [0.15, 0.2) is 30.3 Å². The number of methoxy groups -OCH3 is 2. The summed E-state index contributed by atoms with van der Waals surface area (Å²) in [4.78, 5) is 12.4. The van der Waals surface area contributed by atoms with Crippen molar-refractivity contribution in [3.63, 3.8) is 0 Å². The second-order valence-corrected chi connectivity index (χ2v) is 5.39. The Morgan fingerprint density at radius 2 is 1.84 bits per heavy atom. The van der Waals surface area contributed by atoms with E-state index in [1.165, 1.54) is 14.2 Å². The minimum Gasteiger partial charge on any atom is -0.504 e. The fourth-order valence-corrected chi connectivity index (χ4v) is 2.74. The molecule has 25 heavy (non-hydrogen) atoms. The van der Waals surface area contributed by atoms with Crippen molar-refractivity contribution in [2.24, 2.45) is 0 Å². The number of carbonyl (C=O) groups is 1. The summed E-state index contributed by atoms with van der Waals surface area (Å²) in [5, 5.41) is 13.1. The van der Waals surface area contributed by atoms with Crippen LogP contribution in [0.2, 0.25) is 0 Å². The standard InChI is InChI=1S/C19H19NO5/c1-4-25-15-7-5-6-11(18(15)21)8-13-12-9-16(23-2)17(24-3)10-14(12)20-19(13)22/h5-10,21H,4H2,1-3H3,(H,20,22)/b13-8-. The molecule has 2 aromatic rings. The number of rotatable bonds is 5. The molecule has 2 N–H and O–H groups in total. The Labute approximate surface area is 145 Å². The SMILES string of the molecule is CCOc1cccc(/C=C2\C(=O)Nc3cc(OC)c(OC)cc32)c1O. The quantitative estimate of drug-likeness (QED) is 0.816. The van der Waals surface area contributed by atoms with Gasteiger partial charge in [0.25, 0.3) is 5.91 Å². The predicted octanol–water partition coefficient (Wildman–Crippen LogP) is 3.30. The van der Waals surface area contributed by atoms with Crippen molar-refractivity contribution in [1.82, 2.24) is 0 Å². The van der Waals surface area contributed by atoms with Crippen molar-refractivity contribution in [3.05, 3.63) is 41.5 Å². The Balaban J connectivity index is 2.10. The topological polar surface area (TPSA) is 77.0 Å². The Morgan fingerprint density at radius 3 is 2.52 bits per heavy atom. The molecule has 0 aromatic heterocycles. The molecule has 6 heteroatoms. The highest BCUT2D eigenvalue weighted by atomic mass is 16.5. The third-order valence-corrected chi connectivity index (χ3v) is 3.94. The zero-order valence-corrected chi connectivity index (χ0v) is 14.3. The van der Waals surface area contributed by atoms with E-state index in [1.807, 2.05) is 6.92 Å². The lowest BCUT2D eigenvalue weighted by Crippen LogP contribution is -2.03. The molecule has 0 saturated heterocycles. The Kier molecular flexibility index (Phi) is 4.52. The van der Waals surface area contributed by atoms with Crippen molar-refractivity contribution in [2.75, 3.05) is 26.1 Å². The van der Waals surface area contributed by atoms with Gasteiger partial charge in [0.2, 0.25) is 0 Å². The van der Waals surface area contributed by atoms with Gasteiger partial charge >= 0.3 is 0 Å². The van der Waals surface area contributed by atoms with Crippen molar-refractivity contribution in [2.45, 2.75) is 6.92 Å². The molecular weight excluding hydrogens is 322 g/mol. The number of hydrogen-bond acceptors (Lipinski definition) is 5. The second kappa shape index (κ2) is 6.76. The third kappa shape index (κ3) is 2.98. The number of fused-ring (bicyclic) bond motifs is 1. The number of para-hydroxylation sites is 1. The summed E-state index contributed by atoms with van der Waals surface area (Å²) in [5.41, 5.74) is 2.25. The van der Waals surface area contributed by atoms with Crippen molar-refractivity contribution >= 4 is 23.2 Å². The number of phenolic OH excluding ortho intramolecular Hbond substituents is 1. The largest absolute Gasteiger partial charge is 0.504 e. The first kappa shape index (κ1) is 16.7. The first-order valence-electron chi connectivity index (χ1n) is 7.83. The van der Waals surface area contributed by atoms with Gasteiger partial charge in [-0.2, -0.15) is 0 Å². The molecule has 0 unspecified atom stereocenters. The van der Waals surface area contributed by atoms with Crippen LogP contribution >= 0.6 is 0 Å². The van der Waals surface area contributed by atoms with Crippen LogP contribution in [0.4, 0.5) is 5.69 Å². The van der Waals surface area contributed by atoms with Gasteiger partial charge in [-0.15, -0.1) is 0 Å². The summed E-state index contributed by atoms with van der Waals surface area (Å²) in [5.74, 6) is 1.17. The molecule has 0 aliphatic carbocycles. The zero-order chi connectivity index (χ0) is 18.0. The van der Waals surface area contributed by atoms with Crippen LogP contribution < -0.4 is 19.5 Å². The van der Waals surface area contributed by atoms with Crippen LogP contribution in [0, 0.1) is 0 Å². The molecule has 1 heterocycles. The van der Waals surface area contributed by atoms with Crippen LogP contribution in [0.25, 0.3) is 11.6 Å². The number of anilines is 1. The first-order valence-corrected chi connectivity index (χ1v) is 7.83. The van der Waals surface area contributed by atoms with E-state index >= 15 is 0 Å². The molecule has 2 aromatic carbocycles. The maximum Gasteiger partial charge on any atom is 0.256 e. The minimum atomic E-state index is -0.258. The van der Waals surface area contributed by atoms with Crippen LogP contribution in [0.3, 0.4) is 0 Å². The summed E-state index contributed by atoms with van der Waals surface area (Å²) >= 11 is 0. The fraction of sp³-hybridized carbons (Fsp3) is 0.211. The molecule has 0 fully saturated rings. The maximum atomic E-state index is 12.4. The van der Waals surface area contributed by atoms with Crippen LogP contribution in [-0.4, -0.2) is 31.8 Å². The first-order chi connectivity index (χ1) is 12.1. The summed E-state index contributed by atoms with van der Waals surface area (Å²) in [6.07, 6.45) is 1.63. The summed E-state index contributed by atoms with van der Waals surface area (Å²) < 4.78 is 16.0. The lowest BCUT2D eigenvalue weighted by molar-refractivity contribution is -0.110. The number of nitrogens with one attached hydrogen (secondary N) is 1. The van der Waals surface area contributed by atoms with Gasteiger partial charge in [-0.1, -0.05) is 12.1 Å². The van der Waals surface area contributed by atoms with Crippen molar-refractivity contribution in [3.8, 4) is 23.0 Å².